The van der Waals surface area contributed by atoms with Gasteiger partial charge >= 0.3 is 0 Å². The van der Waals surface area contributed by atoms with Gasteiger partial charge in [0.2, 0.25) is 15.9 Å². The Balaban J connectivity index is 1.31. The molecule has 0 radical (unpaired) electrons. The van der Waals surface area contributed by atoms with Gasteiger partial charge in [-0.15, -0.1) is 0 Å². The maximum absolute atomic E-state index is 13.1. The van der Waals surface area contributed by atoms with Gasteiger partial charge in [-0.1, -0.05) is 48.0 Å². The molecule has 174 valence electrons. The Bertz CT molecular complexity index is 1240. The van der Waals surface area contributed by atoms with Crippen molar-refractivity contribution in [2.45, 2.75) is 17.7 Å². The fraction of sp³-hybridized carbons (Fsp3) is 0.320. The summed E-state index contributed by atoms with van der Waals surface area (Å²) in [7, 11) is -1.84. The molecule has 0 aliphatic carbocycles. The molecule has 0 bridgehead atoms. The van der Waals surface area contributed by atoms with Crippen LogP contribution in [0.1, 0.15) is 12.8 Å². The molecule has 1 amide bonds. The Hall–Kier alpha value is -2.61. The van der Waals surface area contributed by atoms with E-state index in [4.69, 9.17) is 16.3 Å². The summed E-state index contributed by atoms with van der Waals surface area (Å²) in [6.45, 7) is 1.47. The summed E-state index contributed by atoms with van der Waals surface area (Å²) in [5, 5.41) is 2.50. The van der Waals surface area contributed by atoms with Gasteiger partial charge in [-0.05, 0) is 53.9 Å². The van der Waals surface area contributed by atoms with Gasteiger partial charge in [0.25, 0.3) is 0 Å². The minimum Gasteiger partial charge on any atom is -0.492 e. The monoisotopic (exact) mass is 486 g/mol. The second-order valence-corrected chi connectivity index (χ2v) is 10.6. The molecule has 1 saturated heterocycles. The number of rotatable bonds is 7. The number of nitrogens with zero attached hydrogens (tertiary/aromatic N) is 2. The molecule has 1 fully saturated rings. The molecule has 8 heteroatoms. The van der Waals surface area contributed by atoms with E-state index in [1.807, 2.05) is 42.5 Å². The van der Waals surface area contributed by atoms with Crippen molar-refractivity contribution in [2.75, 3.05) is 33.3 Å². The molecule has 6 nitrogen and oxygen atoms in total. The van der Waals surface area contributed by atoms with Crippen LogP contribution in [0.5, 0.6) is 5.75 Å². The van der Waals surface area contributed by atoms with Crippen molar-refractivity contribution in [3.8, 4) is 5.75 Å². The van der Waals surface area contributed by atoms with Gasteiger partial charge in [0.15, 0.2) is 0 Å². The number of likely N-dealkylation sites (N-methyl/N-ethyl adjacent to an activating group) is 1. The highest BCUT2D eigenvalue weighted by molar-refractivity contribution is 7.89. The molecule has 3 aromatic rings. The van der Waals surface area contributed by atoms with Crippen molar-refractivity contribution in [2.24, 2.45) is 5.92 Å². The fourth-order valence-electron chi connectivity index (χ4n) is 4.10. The minimum atomic E-state index is -3.59. The van der Waals surface area contributed by atoms with Crippen molar-refractivity contribution < 1.29 is 17.9 Å². The second-order valence-electron chi connectivity index (χ2n) is 8.25. The third-order valence-electron chi connectivity index (χ3n) is 6.03. The Kier molecular flexibility index (Phi) is 7.22. The first-order chi connectivity index (χ1) is 15.8. The van der Waals surface area contributed by atoms with Crippen molar-refractivity contribution in [3.63, 3.8) is 0 Å². The lowest BCUT2D eigenvalue weighted by molar-refractivity contribution is -0.135. The van der Waals surface area contributed by atoms with Crippen molar-refractivity contribution in [3.05, 3.63) is 71.8 Å². The van der Waals surface area contributed by atoms with Crippen LogP contribution in [0.3, 0.4) is 0 Å². The smallest absolute Gasteiger partial charge is 0.243 e. The number of benzene rings is 3. The SMILES string of the molecule is CN(CCOc1cccc(Cl)c1)C(=O)C1CCN(S(=O)(=O)c2ccc3ccccc3c2)CC1. The van der Waals surface area contributed by atoms with Crippen LogP contribution in [0.15, 0.2) is 71.6 Å². The molecule has 0 spiro atoms. The van der Waals surface area contributed by atoms with E-state index in [9.17, 15) is 13.2 Å². The lowest BCUT2D eigenvalue weighted by atomic mass is 9.97. The van der Waals surface area contributed by atoms with E-state index in [0.717, 1.165) is 10.8 Å². The second kappa shape index (κ2) is 10.1. The summed E-state index contributed by atoms with van der Waals surface area (Å²) >= 11 is 5.96. The van der Waals surface area contributed by atoms with Crippen LogP contribution in [-0.4, -0.2) is 56.8 Å². The lowest BCUT2D eigenvalue weighted by Crippen LogP contribution is -2.44. The molecule has 4 rings (SSSR count). The largest absolute Gasteiger partial charge is 0.492 e. The third-order valence-corrected chi connectivity index (χ3v) is 8.16. The van der Waals surface area contributed by atoms with Crippen molar-refractivity contribution in [1.82, 2.24) is 9.21 Å². The molecule has 1 aliphatic heterocycles. The maximum atomic E-state index is 13.1. The van der Waals surface area contributed by atoms with Gasteiger partial charge in [0.05, 0.1) is 11.4 Å². The highest BCUT2D eigenvalue weighted by Crippen LogP contribution is 2.27. The predicted molar refractivity (Wildman–Crippen MR) is 130 cm³/mol. The number of amides is 1. The van der Waals surface area contributed by atoms with E-state index in [-0.39, 0.29) is 11.8 Å². The average Bonchev–Trinajstić information content (AvgIpc) is 2.83. The van der Waals surface area contributed by atoms with Gasteiger partial charge in [-0.25, -0.2) is 8.42 Å². The first-order valence-electron chi connectivity index (χ1n) is 11.0. The molecule has 0 unspecified atom stereocenters. The molecule has 33 heavy (non-hydrogen) atoms. The quantitative estimate of drug-likeness (QED) is 0.495. The van der Waals surface area contributed by atoms with E-state index >= 15 is 0 Å². The molecule has 0 atom stereocenters. The molecule has 0 N–H and O–H groups in total. The third kappa shape index (κ3) is 5.49. The Morgan fingerprint density at radius 2 is 1.76 bits per heavy atom. The Morgan fingerprint density at radius 1 is 1.03 bits per heavy atom. The number of carbonyl (C=O) groups excluding carboxylic acids is 1. The van der Waals surface area contributed by atoms with Crippen molar-refractivity contribution >= 4 is 38.3 Å². The molecule has 3 aromatic carbocycles. The average molecular weight is 487 g/mol. The predicted octanol–water partition coefficient (Wildman–Crippen LogP) is 4.43. The van der Waals surface area contributed by atoms with Gasteiger partial charge in [-0.3, -0.25) is 4.79 Å². The molecule has 1 heterocycles. The number of fused-ring (bicyclic) bond motifs is 1. The number of carbonyl (C=O) groups is 1. The zero-order valence-electron chi connectivity index (χ0n) is 18.5. The highest BCUT2D eigenvalue weighted by Gasteiger charge is 2.33. The highest BCUT2D eigenvalue weighted by atomic mass is 35.5. The van der Waals surface area contributed by atoms with Crippen LogP contribution < -0.4 is 4.74 Å². The van der Waals surface area contributed by atoms with Gasteiger partial charge in [0.1, 0.15) is 12.4 Å². The minimum absolute atomic E-state index is 0.0208. The summed E-state index contributed by atoms with van der Waals surface area (Å²) in [4.78, 5) is 14.8. The number of sulfonamides is 1. The first kappa shape index (κ1) is 23.5. The Labute approximate surface area is 199 Å². The summed E-state index contributed by atoms with van der Waals surface area (Å²) in [6, 6.07) is 20.0. The number of ether oxygens (including phenoxy) is 1. The zero-order valence-corrected chi connectivity index (χ0v) is 20.1. The van der Waals surface area contributed by atoms with Crippen LogP contribution in [0.4, 0.5) is 0 Å². The van der Waals surface area contributed by atoms with E-state index in [0.29, 0.717) is 54.8 Å². The van der Waals surface area contributed by atoms with Crippen LogP contribution in [-0.2, 0) is 14.8 Å². The molecular weight excluding hydrogens is 460 g/mol. The van der Waals surface area contributed by atoms with Crippen molar-refractivity contribution in [1.29, 1.82) is 0 Å². The molecule has 1 aliphatic rings. The standard InChI is InChI=1S/C25H27ClN2O4S/c1-27(15-16-32-23-8-4-7-22(26)18-23)25(29)20-11-13-28(14-12-20)33(30,31)24-10-9-19-5-2-3-6-21(19)17-24/h2-10,17-18,20H,11-16H2,1H3. The van der Waals surface area contributed by atoms with Gasteiger partial charge in [0, 0.05) is 31.1 Å². The van der Waals surface area contributed by atoms with Crippen LogP contribution in [0, 0.1) is 5.92 Å². The van der Waals surface area contributed by atoms with E-state index in [1.165, 1.54) is 4.31 Å². The summed E-state index contributed by atoms with van der Waals surface area (Å²) in [5.41, 5.74) is 0. The van der Waals surface area contributed by atoms with E-state index < -0.39 is 10.0 Å². The van der Waals surface area contributed by atoms with E-state index in [1.54, 1.807) is 36.2 Å². The maximum Gasteiger partial charge on any atom is 0.243 e. The number of halogens is 1. The van der Waals surface area contributed by atoms with E-state index in [2.05, 4.69) is 0 Å². The molecular formula is C25H27ClN2O4S. The summed E-state index contributed by atoms with van der Waals surface area (Å²) < 4.78 is 33.5. The first-order valence-corrected chi connectivity index (χ1v) is 12.8. The normalized spacial score (nSPS) is 15.5. The lowest BCUT2D eigenvalue weighted by Gasteiger charge is -2.32. The van der Waals surface area contributed by atoms with Crippen LogP contribution in [0.2, 0.25) is 5.02 Å². The van der Waals surface area contributed by atoms with Gasteiger partial charge < -0.3 is 9.64 Å². The van der Waals surface area contributed by atoms with Crippen LogP contribution in [0.25, 0.3) is 10.8 Å². The topological polar surface area (TPSA) is 66.9 Å². The number of piperidine rings is 1. The summed E-state index contributed by atoms with van der Waals surface area (Å²) in [5.74, 6) is 0.493. The summed E-state index contributed by atoms with van der Waals surface area (Å²) in [6.07, 6.45) is 1.01. The fourth-order valence-corrected chi connectivity index (χ4v) is 5.78. The van der Waals surface area contributed by atoms with Gasteiger partial charge in [-0.2, -0.15) is 4.31 Å². The molecule has 0 saturated carbocycles. The number of hydrogen-bond acceptors (Lipinski definition) is 4. The zero-order chi connectivity index (χ0) is 23.4. The number of hydrogen-bond donors (Lipinski definition) is 0. The van der Waals surface area contributed by atoms with Crippen LogP contribution >= 0.6 is 11.6 Å². The Morgan fingerprint density at radius 3 is 2.48 bits per heavy atom. The molecule has 0 aromatic heterocycles.